The lowest BCUT2D eigenvalue weighted by Gasteiger charge is -2.36. The largest absolute Gasteiger partial charge is 0.372 e. The van der Waals surface area contributed by atoms with Gasteiger partial charge in [-0.05, 0) is 30.7 Å². The Hall–Kier alpha value is -3.07. The second kappa shape index (κ2) is 7.16. The van der Waals surface area contributed by atoms with Gasteiger partial charge in [0, 0.05) is 37.1 Å². The van der Waals surface area contributed by atoms with E-state index in [0.29, 0.717) is 24.5 Å². The lowest BCUT2D eigenvalue weighted by Crippen LogP contribution is -2.43. The first-order valence-electron chi connectivity index (χ1n) is 8.99. The molecule has 0 radical (unpaired) electrons. The number of anilines is 2. The average molecular weight is 400 g/mol. The number of sulfonamides is 1. The number of hydrogen-bond acceptors (Lipinski definition) is 6. The molecule has 2 heterocycles. The number of nitro benzene ring substituents is 1. The van der Waals surface area contributed by atoms with Gasteiger partial charge in [0.15, 0.2) is 0 Å². The molecule has 28 heavy (non-hydrogen) atoms. The van der Waals surface area contributed by atoms with E-state index in [0.717, 1.165) is 25.6 Å². The number of nitro groups is 1. The molecule has 2 aromatic rings. The lowest BCUT2D eigenvalue weighted by molar-refractivity contribution is -0.384. The Kier molecular flexibility index (Phi) is 4.68. The Morgan fingerprint density at radius 1 is 1.00 bits per heavy atom. The Bertz CT molecular complexity index is 1040. The van der Waals surface area contributed by atoms with Crippen molar-refractivity contribution >= 4 is 27.1 Å². The fourth-order valence-corrected chi connectivity index (χ4v) is 4.68. The number of piperazine rings is 1. The molecule has 0 atom stereocenters. The molecule has 2 aliphatic rings. The summed E-state index contributed by atoms with van der Waals surface area (Å²) in [6.07, 6.45) is 3.15. The van der Waals surface area contributed by atoms with Crippen LogP contribution in [0.15, 0.2) is 65.2 Å². The fourth-order valence-electron chi connectivity index (χ4n) is 3.61. The van der Waals surface area contributed by atoms with Crippen LogP contribution in [0.4, 0.5) is 17.1 Å². The summed E-state index contributed by atoms with van der Waals surface area (Å²) < 4.78 is 27.8. The van der Waals surface area contributed by atoms with Gasteiger partial charge in [0.2, 0.25) is 0 Å². The summed E-state index contributed by atoms with van der Waals surface area (Å²) in [7, 11) is -3.92. The van der Waals surface area contributed by atoms with Gasteiger partial charge in [-0.1, -0.05) is 24.3 Å². The number of nitrogens with one attached hydrogen (secondary N) is 1. The van der Waals surface area contributed by atoms with Crippen molar-refractivity contribution in [3.63, 3.8) is 0 Å². The minimum absolute atomic E-state index is 0.134. The Labute approximate surface area is 163 Å². The second-order valence-corrected chi connectivity index (χ2v) is 8.45. The quantitative estimate of drug-likeness (QED) is 0.612. The van der Waals surface area contributed by atoms with Gasteiger partial charge in [0.1, 0.15) is 5.69 Å². The number of hydrogen-bond donors (Lipinski definition) is 1. The average Bonchev–Trinajstić information content (AvgIpc) is 3.15. The molecule has 0 aromatic heterocycles. The Morgan fingerprint density at radius 3 is 2.50 bits per heavy atom. The van der Waals surface area contributed by atoms with E-state index in [1.165, 1.54) is 17.8 Å². The lowest BCUT2D eigenvalue weighted by atomic mass is 10.2. The highest BCUT2D eigenvalue weighted by Gasteiger charge is 2.29. The molecule has 1 saturated heterocycles. The minimum atomic E-state index is -3.92. The first-order valence-corrected chi connectivity index (χ1v) is 10.5. The molecule has 9 heteroatoms. The zero-order valence-electron chi connectivity index (χ0n) is 15.1. The number of nitrogens with zero attached hydrogens (tertiary/aromatic N) is 3. The van der Waals surface area contributed by atoms with Gasteiger partial charge in [0.05, 0.1) is 16.4 Å². The molecule has 146 valence electrons. The summed E-state index contributed by atoms with van der Waals surface area (Å²) in [5.74, 6) is 0. The molecule has 2 aliphatic heterocycles. The van der Waals surface area contributed by atoms with E-state index in [1.807, 2.05) is 4.90 Å². The van der Waals surface area contributed by atoms with Gasteiger partial charge < -0.3 is 9.80 Å². The van der Waals surface area contributed by atoms with Gasteiger partial charge in [-0.3, -0.25) is 14.8 Å². The van der Waals surface area contributed by atoms with Crippen LogP contribution in [0.2, 0.25) is 0 Å². The van der Waals surface area contributed by atoms with Crippen molar-refractivity contribution < 1.29 is 13.3 Å². The van der Waals surface area contributed by atoms with Crippen molar-refractivity contribution in [1.82, 2.24) is 4.90 Å². The molecular weight excluding hydrogens is 380 g/mol. The second-order valence-electron chi connectivity index (χ2n) is 6.77. The maximum atomic E-state index is 12.7. The van der Waals surface area contributed by atoms with Crippen LogP contribution < -0.4 is 9.62 Å². The highest BCUT2D eigenvalue weighted by Crippen LogP contribution is 2.34. The topological polar surface area (TPSA) is 95.8 Å². The summed E-state index contributed by atoms with van der Waals surface area (Å²) in [6, 6.07) is 12.5. The zero-order valence-corrected chi connectivity index (χ0v) is 15.9. The molecule has 0 amide bonds. The van der Waals surface area contributed by atoms with E-state index < -0.39 is 14.9 Å². The minimum Gasteiger partial charge on any atom is -0.372 e. The molecule has 0 aliphatic carbocycles. The zero-order chi connectivity index (χ0) is 19.7. The Morgan fingerprint density at radius 2 is 1.75 bits per heavy atom. The van der Waals surface area contributed by atoms with Crippen molar-refractivity contribution in [2.75, 3.05) is 35.8 Å². The van der Waals surface area contributed by atoms with Crippen LogP contribution in [-0.2, 0) is 10.0 Å². The van der Waals surface area contributed by atoms with Crippen molar-refractivity contribution in [2.45, 2.75) is 11.3 Å². The maximum Gasteiger partial charge on any atom is 0.293 e. The van der Waals surface area contributed by atoms with Gasteiger partial charge in [-0.15, -0.1) is 0 Å². The third-order valence-electron chi connectivity index (χ3n) is 5.00. The third kappa shape index (κ3) is 3.53. The van der Waals surface area contributed by atoms with Crippen molar-refractivity contribution in [1.29, 1.82) is 0 Å². The number of benzene rings is 2. The third-order valence-corrected chi connectivity index (χ3v) is 6.38. The molecule has 1 fully saturated rings. The summed E-state index contributed by atoms with van der Waals surface area (Å²) in [5, 5.41) is 11.7. The van der Waals surface area contributed by atoms with Crippen molar-refractivity contribution in [2.24, 2.45) is 0 Å². The van der Waals surface area contributed by atoms with Crippen molar-refractivity contribution in [3.8, 4) is 0 Å². The monoisotopic (exact) mass is 400 g/mol. The maximum absolute atomic E-state index is 12.7. The van der Waals surface area contributed by atoms with E-state index in [2.05, 4.69) is 15.7 Å². The fraction of sp³-hybridized carbons (Fsp3) is 0.263. The summed E-state index contributed by atoms with van der Waals surface area (Å²) >= 11 is 0. The van der Waals surface area contributed by atoms with Crippen LogP contribution in [0.3, 0.4) is 0 Å². The van der Waals surface area contributed by atoms with Crippen LogP contribution >= 0.6 is 0 Å². The molecule has 1 N–H and O–H groups in total. The summed E-state index contributed by atoms with van der Waals surface area (Å²) in [5.41, 5.74) is 1.81. The first kappa shape index (κ1) is 18.3. The van der Waals surface area contributed by atoms with Crippen LogP contribution in [-0.4, -0.2) is 44.4 Å². The number of fused-ring (bicyclic) bond motifs is 1. The van der Waals surface area contributed by atoms with Crippen LogP contribution in [0.5, 0.6) is 0 Å². The van der Waals surface area contributed by atoms with E-state index in [1.54, 1.807) is 30.3 Å². The molecule has 0 spiro atoms. The standard InChI is InChI=1S/C19H20N4O4S/c24-23(25)19-13-17(28(26,27)20-15-5-2-1-3-6-15)8-9-18(19)22-12-11-21-10-4-7-16(21)14-22/h1-3,5-9,13,20H,4,10-12,14H2. The predicted molar refractivity (Wildman–Crippen MR) is 107 cm³/mol. The van der Waals surface area contributed by atoms with Gasteiger partial charge in [-0.25, -0.2) is 8.42 Å². The molecule has 8 nitrogen and oxygen atoms in total. The molecule has 4 rings (SSSR count). The molecule has 0 saturated carbocycles. The highest BCUT2D eigenvalue weighted by molar-refractivity contribution is 7.92. The van der Waals surface area contributed by atoms with Gasteiger partial charge >= 0.3 is 0 Å². The Balaban J connectivity index is 1.65. The first-order chi connectivity index (χ1) is 13.4. The summed E-state index contributed by atoms with van der Waals surface area (Å²) in [4.78, 5) is 15.2. The van der Waals surface area contributed by atoms with Crippen molar-refractivity contribution in [3.05, 3.63) is 70.4 Å². The van der Waals surface area contributed by atoms with Crippen LogP contribution in [0, 0.1) is 10.1 Å². The smallest absolute Gasteiger partial charge is 0.293 e. The predicted octanol–water partition coefficient (Wildman–Crippen LogP) is 2.81. The van der Waals surface area contributed by atoms with Gasteiger partial charge in [0.25, 0.3) is 15.7 Å². The summed E-state index contributed by atoms with van der Waals surface area (Å²) in [6.45, 7) is 3.05. The highest BCUT2D eigenvalue weighted by atomic mass is 32.2. The SMILES string of the molecule is O=[N+]([O-])c1cc(S(=O)(=O)Nc2ccccc2)ccc1N1CCN2CCC=C2C1. The number of para-hydroxylation sites is 1. The van der Waals surface area contributed by atoms with Crippen LogP contribution in [0.25, 0.3) is 0 Å². The van der Waals surface area contributed by atoms with E-state index in [4.69, 9.17) is 0 Å². The molecule has 0 unspecified atom stereocenters. The number of rotatable bonds is 5. The van der Waals surface area contributed by atoms with E-state index in [9.17, 15) is 18.5 Å². The molecular formula is C19H20N4O4S. The van der Waals surface area contributed by atoms with Gasteiger partial charge in [-0.2, -0.15) is 0 Å². The molecule has 2 aromatic carbocycles. The van der Waals surface area contributed by atoms with E-state index in [-0.39, 0.29) is 10.6 Å². The normalized spacial score (nSPS) is 16.5. The van der Waals surface area contributed by atoms with E-state index >= 15 is 0 Å². The molecule has 0 bridgehead atoms. The van der Waals surface area contributed by atoms with Crippen LogP contribution in [0.1, 0.15) is 6.42 Å².